The fourth-order valence-corrected chi connectivity index (χ4v) is 5.71. The number of allylic oxidation sites excluding steroid dienone is 1. The monoisotopic (exact) mass is 468 g/mol. The Morgan fingerprint density at radius 2 is 1.90 bits per heavy atom. The van der Waals surface area contributed by atoms with E-state index in [1.807, 2.05) is 19.1 Å². The number of amides is 1. The van der Waals surface area contributed by atoms with Crippen LogP contribution >= 0.6 is 11.6 Å². The molecule has 0 saturated heterocycles. The molecular weight excluding hydrogens is 440 g/mol. The van der Waals surface area contributed by atoms with Gasteiger partial charge in [0.25, 0.3) is 5.91 Å². The standard InChI is InChI=1S/C22H29ClN2O5S/c1-14-17(23)9-10-20-22(14)15-5-7-16(8-6-15)29-12-19-18(24-31(2,27)28)4-3-11-25(19)21(26)13-30-20/h9-10,15-16,24H,3-8,11-13H2,1-2H3. The Bertz CT molecular complexity index is 999. The number of rotatable bonds is 2. The predicted molar refractivity (Wildman–Crippen MR) is 119 cm³/mol. The van der Waals surface area contributed by atoms with Crippen LogP contribution in [0.25, 0.3) is 0 Å². The average molecular weight is 469 g/mol. The topological polar surface area (TPSA) is 84.9 Å². The zero-order valence-corrected chi connectivity index (χ0v) is 19.5. The summed E-state index contributed by atoms with van der Waals surface area (Å²) < 4.78 is 38.6. The van der Waals surface area contributed by atoms with E-state index < -0.39 is 10.0 Å². The summed E-state index contributed by atoms with van der Waals surface area (Å²) in [6, 6.07) is 3.66. The molecule has 7 nitrogen and oxygen atoms in total. The van der Waals surface area contributed by atoms with Gasteiger partial charge in [0, 0.05) is 22.8 Å². The van der Waals surface area contributed by atoms with E-state index in [4.69, 9.17) is 21.1 Å². The summed E-state index contributed by atoms with van der Waals surface area (Å²) in [6.45, 7) is 2.59. The molecule has 1 aliphatic carbocycles. The van der Waals surface area contributed by atoms with Crippen LogP contribution in [-0.4, -0.2) is 51.3 Å². The van der Waals surface area contributed by atoms with Crippen molar-refractivity contribution in [2.24, 2.45) is 0 Å². The number of hydrogen-bond donors (Lipinski definition) is 1. The highest BCUT2D eigenvalue weighted by atomic mass is 35.5. The molecule has 3 heterocycles. The molecule has 5 rings (SSSR count). The van der Waals surface area contributed by atoms with Crippen molar-refractivity contribution >= 4 is 27.5 Å². The van der Waals surface area contributed by atoms with Gasteiger partial charge in [-0.15, -0.1) is 0 Å². The molecule has 0 atom stereocenters. The second-order valence-corrected chi connectivity index (χ2v) is 10.8. The second kappa shape index (κ2) is 9.00. The summed E-state index contributed by atoms with van der Waals surface area (Å²) in [5, 5.41) is 0.703. The minimum atomic E-state index is -3.45. The highest BCUT2D eigenvalue weighted by molar-refractivity contribution is 7.88. The number of ether oxygens (including phenoxy) is 2. The number of halogens is 1. The van der Waals surface area contributed by atoms with Crippen LogP contribution in [-0.2, 0) is 19.6 Å². The van der Waals surface area contributed by atoms with Crippen LogP contribution in [0.2, 0.25) is 5.02 Å². The quantitative estimate of drug-likeness (QED) is 0.718. The van der Waals surface area contributed by atoms with Crippen LogP contribution in [0.4, 0.5) is 0 Å². The van der Waals surface area contributed by atoms with Gasteiger partial charge in [-0.25, -0.2) is 8.42 Å². The zero-order valence-electron chi connectivity index (χ0n) is 17.9. The lowest BCUT2D eigenvalue weighted by Crippen LogP contribution is -2.42. The van der Waals surface area contributed by atoms with E-state index in [-0.39, 0.29) is 25.2 Å². The van der Waals surface area contributed by atoms with Gasteiger partial charge in [0.15, 0.2) is 6.61 Å². The Kier molecular flexibility index (Phi) is 6.51. The van der Waals surface area contributed by atoms with Gasteiger partial charge in [-0.05, 0) is 69.1 Å². The molecule has 31 heavy (non-hydrogen) atoms. The van der Waals surface area contributed by atoms with E-state index in [1.165, 1.54) is 0 Å². The number of nitrogens with one attached hydrogen (secondary N) is 1. The van der Waals surface area contributed by atoms with Crippen molar-refractivity contribution in [1.82, 2.24) is 9.62 Å². The summed E-state index contributed by atoms with van der Waals surface area (Å²) in [5.74, 6) is 0.806. The van der Waals surface area contributed by atoms with E-state index in [1.54, 1.807) is 4.90 Å². The summed E-state index contributed by atoms with van der Waals surface area (Å²) in [5.41, 5.74) is 3.23. The SMILES string of the molecule is Cc1c(Cl)ccc2c1C1CCC(CC1)OCC1=C(NS(C)(=O)=O)CCCN1C(=O)CO2. The number of hydrogen-bond acceptors (Lipinski definition) is 5. The molecule has 0 aromatic heterocycles. The molecule has 1 N–H and O–H groups in total. The van der Waals surface area contributed by atoms with Gasteiger partial charge < -0.3 is 14.4 Å². The largest absolute Gasteiger partial charge is 0.483 e. The van der Waals surface area contributed by atoms with Gasteiger partial charge in [0.1, 0.15) is 5.75 Å². The molecular formula is C22H29ClN2O5S. The molecule has 1 amide bonds. The third kappa shape index (κ3) is 5.02. The van der Waals surface area contributed by atoms with Crippen molar-refractivity contribution in [3.8, 4) is 5.75 Å². The molecule has 0 spiro atoms. The second-order valence-electron chi connectivity index (χ2n) is 8.61. The zero-order chi connectivity index (χ0) is 22.2. The minimum absolute atomic E-state index is 0.0757. The van der Waals surface area contributed by atoms with Gasteiger partial charge in [0.05, 0.1) is 24.7 Å². The Morgan fingerprint density at radius 3 is 2.61 bits per heavy atom. The molecule has 1 saturated carbocycles. The Hall–Kier alpha value is -1.77. The maximum absolute atomic E-state index is 13.1. The van der Waals surface area contributed by atoms with Crippen molar-refractivity contribution in [2.45, 2.75) is 57.5 Å². The third-order valence-corrected chi connectivity index (χ3v) is 7.42. The predicted octanol–water partition coefficient (Wildman–Crippen LogP) is 3.47. The van der Waals surface area contributed by atoms with Crippen molar-refractivity contribution in [3.05, 3.63) is 39.7 Å². The van der Waals surface area contributed by atoms with Crippen molar-refractivity contribution in [2.75, 3.05) is 26.0 Å². The van der Waals surface area contributed by atoms with Gasteiger partial charge >= 0.3 is 0 Å². The fraction of sp³-hybridized carbons (Fsp3) is 0.591. The summed E-state index contributed by atoms with van der Waals surface area (Å²) in [7, 11) is -3.45. The van der Waals surface area contributed by atoms with E-state index in [2.05, 4.69) is 4.72 Å². The minimum Gasteiger partial charge on any atom is -0.483 e. The highest BCUT2D eigenvalue weighted by Crippen LogP contribution is 2.42. The summed E-state index contributed by atoms with van der Waals surface area (Å²) in [4.78, 5) is 14.7. The van der Waals surface area contributed by atoms with Crippen LogP contribution in [0, 0.1) is 6.92 Å². The molecule has 1 aromatic carbocycles. The third-order valence-electron chi connectivity index (χ3n) is 6.39. The lowest BCUT2D eigenvalue weighted by Gasteiger charge is -2.33. The Balaban J connectivity index is 1.71. The van der Waals surface area contributed by atoms with Crippen LogP contribution in [0.1, 0.15) is 55.6 Å². The molecule has 0 radical (unpaired) electrons. The number of benzene rings is 1. The molecule has 9 heteroatoms. The number of nitrogens with zero attached hydrogens (tertiary/aromatic N) is 1. The molecule has 3 aliphatic heterocycles. The summed E-state index contributed by atoms with van der Waals surface area (Å²) >= 11 is 6.40. The lowest BCUT2D eigenvalue weighted by molar-refractivity contribution is -0.132. The molecule has 170 valence electrons. The van der Waals surface area contributed by atoms with Gasteiger partial charge in [-0.3, -0.25) is 9.52 Å². The van der Waals surface area contributed by atoms with Crippen LogP contribution in [0.15, 0.2) is 23.5 Å². The van der Waals surface area contributed by atoms with Crippen LogP contribution in [0.5, 0.6) is 5.75 Å². The first-order valence-electron chi connectivity index (χ1n) is 10.8. The maximum Gasteiger partial charge on any atom is 0.264 e. The van der Waals surface area contributed by atoms with Crippen molar-refractivity contribution in [1.29, 1.82) is 0 Å². The number of carbonyl (C=O) groups is 1. The first kappa shape index (κ1) is 22.4. The van der Waals surface area contributed by atoms with Crippen LogP contribution in [0.3, 0.4) is 0 Å². The van der Waals surface area contributed by atoms with Gasteiger partial charge in [-0.1, -0.05) is 11.6 Å². The van der Waals surface area contributed by atoms with Crippen molar-refractivity contribution < 1.29 is 22.7 Å². The smallest absolute Gasteiger partial charge is 0.264 e. The van der Waals surface area contributed by atoms with E-state index in [0.717, 1.165) is 43.1 Å². The first-order chi connectivity index (χ1) is 14.7. The highest BCUT2D eigenvalue weighted by Gasteiger charge is 2.32. The Morgan fingerprint density at radius 1 is 1.16 bits per heavy atom. The van der Waals surface area contributed by atoms with E-state index in [0.29, 0.717) is 47.5 Å². The number of fused-ring (bicyclic) bond motifs is 5. The first-order valence-corrected chi connectivity index (χ1v) is 13.0. The number of sulfonamides is 1. The van der Waals surface area contributed by atoms with Gasteiger partial charge in [0.2, 0.25) is 10.0 Å². The van der Waals surface area contributed by atoms with E-state index in [9.17, 15) is 13.2 Å². The maximum atomic E-state index is 13.1. The molecule has 0 unspecified atom stereocenters. The van der Waals surface area contributed by atoms with Gasteiger partial charge in [-0.2, -0.15) is 0 Å². The Labute approximate surface area is 188 Å². The average Bonchev–Trinajstić information content (AvgIpc) is 2.73. The van der Waals surface area contributed by atoms with Crippen LogP contribution < -0.4 is 9.46 Å². The normalized spacial score (nSPS) is 25.0. The fourth-order valence-electron chi connectivity index (χ4n) is 4.87. The van der Waals surface area contributed by atoms with E-state index >= 15 is 0 Å². The molecule has 2 bridgehead atoms. The molecule has 1 aromatic rings. The molecule has 1 fully saturated rings. The lowest BCUT2D eigenvalue weighted by atomic mass is 9.80. The molecule has 4 aliphatic rings. The van der Waals surface area contributed by atoms with Crippen molar-refractivity contribution in [3.63, 3.8) is 0 Å². The summed E-state index contributed by atoms with van der Waals surface area (Å²) in [6.07, 6.45) is 6.12. The number of carbonyl (C=O) groups excluding carboxylic acids is 1.